The molecule has 1 aliphatic rings. The minimum Gasteiger partial charge on any atom is -0.366 e. The maximum Gasteiger partial charge on any atom is 0.248 e. The number of thioether (sulfide) groups is 2. The first-order valence-electron chi connectivity index (χ1n) is 5.65. The Labute approximate surface area is 119 Å². The summed E-state index contributed by atoms with van der Waals surface area (Å²) >= 11 is 3.12. The molecule has 2 rings (SSSR count). The summed E-state index contributed by atoms with van der Waals surface area (Å²) in [6.45, 7) is 0.837. The van der Waals surface area contributed by atoms with Crippen LogP contribution in [0.4, 0.5) is 5.69 Å². The summed E-state index contributed by atoms with van der Waals surface area (Å²) in [7, 11) is 0. The Morgan fingerprint density at radius 2 is 2.11 bits per heavy atom. The molecule has 0 radical (unpaired) electrons. The van der Waals surface area contributed by atoms with Gasteiger partial charge in [0.25, 0.3) is 0 Å². The molecule has 0 fully saturated rings. The van der Waals surface area contributed by atoms with Crippen molar-refractivity contribution in [1.29, 1.82) is 0 Å². The van der Waals surface area contributed by atoms with Gasteiger partial charge in [0.2, 0.25) is 11.8 Å². The molecule has 7 heteroatoms. The van der Waals surface area contributed by atoms with Crippen LogP contribution in [0.1, 0.15) is 10.4 Å². The van der Waals surface area contributed by atoms with Crippen LogP contribution in [0.3, 0.4) is 0 Å². The van der Waals surface area contributed by atoms with Crippen molar-refractivity contribution < 1.29 is 9.59 Å². The zero-order valence-electron chi connectivity index (χ0n) is 10.1. The van der Waals surface area contributed by atoms with Crippen molar-refractivity contribution in [2.45, 2.75) is 0 Å². The Bertz CT molecular complexity index is 514. The molecule has 0 atom stereocenters. The van der Waals surface area contributed by atoms with Gasteiger partial charge in [-0.1, -0.05) is 23.5 Å². The topological polar surface area (TPSA) is 84.5 Å². The molecule has 2 amide bonds. The third-order valence-electron chi connectivity index (χ3n) is 2.34. The lowest BCUT2D eigenvalue weighted by Crippen LogP contribution is -2.15. The molecule has 1 aromatic rings. The van der Waals surface area contributed by atoms with Crippen molar-refractivity contribution in [3.8, 4) is 0 Å². The van der Waals surface area contributed by atoms with Gasteiger partial charge in [-0.2, -0.15) is 0 Å². The van der Waals surface area contributed by atoms with E-state index in [0.717, 1.165) is 16.7 Å². The lowest BCUT2D eigenvalue weighted by molar-refractivity contribution is -0.113. The van der Waals surface area contributed by atoms with Crippen LogP contribution in [0.2, 0.25) is 0 Å². The Balaban J connectivity index is 1.82. The second-order valence-corrected chi connectivity index (χ2v) is 6.08. The summed E-state index contributed by atoms with van der Waals surface area (Å²) in [5.41, 5.74) is 6.21. The predicted molar refractivity (Wildman–Crippen MR) is 80.8 cm³/mol. The number of benzene rings is 1. The van der Waals surface area contributed by atoms with Gasteiger partial charge in [-0.25, -0.2) is 0 Å². The Morgan fingerprint density at radius 1 is 1.37 bits per heavy atom. The molecule has 0 spiro atoms. The van der Waals surface area contributed by atoms with E-state index in [1.54, 1.807) is 36.0 Å². The molecule has 19 heavy (non-hydrogen) atoms. The van der Waals surface area contributed by atoms with E-state index in [2.05, 4.69) is 10.3 Å². The molecule has 0 bridgehead atoms. The number of nitrogens with zero attached hydrogens (tertiary/aromatic N) is 1. The predicted octanol–water partition coefficient (Wildman–Crippen LogP) is 1.56. The number of anilines is 1. The van der Waals surface area contributed by atoms with Crippen LogP contribution in [-0.2, 0) is 4.79 Å². The van der Waals surface area contributed by atoms with Crippen molar-refractivity contribution in [1.82, 2.24) is 0 Å². The maximum atomic E-state index is 11.7. The van der Waals surface area contributed by atoms with Gasteiger partial charge in [-0.3, -0.25) is 14.6 Å². The normalized spacial score (nSPS) is 14.0. The summed E-state index contributed by atoms with van der Waals surface area (Å²) in [5.74, 6) is 0.763. The van der Waals surface area contributed by atoms with Crippen LogP contribution in [-0.4, -0.2) is 34.2 Å². The summed E-state index contributed by atoms with van der Waals surface area (Å²) in [5, 5.41) is 2.76. The number of carbonyl (C=O) groups excluding carboxylic acids is 2. The van der Waals surface area contributed by atoms with Crippen molar-refractivity contribution in [2.75, 3.05) is 23.4 Å². The smallest absolute Gasteiger partial charge is 0.248 e. The van der Waals surface area contributed by atoms with E-state index in [4.69, 9.17) is 5.73 Å². The van der Waals surface area contributed by atoms with E-state index in [9.17, 15) is 9.59 Å². The summed E-state index contributed by atoms with van der Waals surface area (Å²) in [6.07, 6.45) is 0. The molecule has 1 aromatic carbocycles. The zero-order chi connectivity index (χ0) is 13.7. The van der Waals surface area contributed by atoms with Crippen molar-refractivity contribution in [3.05, 3.63) is 29.8 Å². The number of hydrogen-bond acceptors (Lipinski definition) is 5. The molecule has 0 aliphatic carbocycles. The highest BCUT2D eigenvalue weighted by Crippen LogP contribution is 2.22. The SMILES string of the molecule is NC(=O)c1ccc(NC(=O)CSC2=NCCS2)cc1. The van der Waals surface area contributed by atoms with Crippen molar-refractivity contribution >= 4 is 45.4 Å². The van der Waals surface area contributed by atoms with Crippen LogP contribution < -0.4 is 11.1 Å². The van der Waals surface area contributed by atoms with Gasteiger partial charge in [0.05, 0.1) is 12.3 Å². The summed E-state index contributed by atoms with van der Waals surface area (Å²) in [6, 6.07) is 6.49. The van der Waals surface area contributed by atoms with Gasteiger partial charge >= 0.3 is 0 Å². The highest BCUT2D eigenvalue weighted by atomic mass is 32.2. The first kappa shape index (κ1) is 14.0. The molecule has 5 nitrogen and oxygen atoms in total. The minimum atomic E-state index is -0.482. The lowest BCUT2D eigenvalue weighted by Gasteiger charge is -2.05. The van der Waals surface area contributed by atoms with E-state index < -0.39 is 5.91 Å². The number of primary amides is 1. The molecule has 1 aliphatic heterocycles. The van der Waals surface area contributed by atoms with E-state index >= 15 is 0 Å². The molecular weight excluding hydrogens is 282 g/mol. The van der Waals surface area contributed by atoms with Gasteiger partial charge in [-0.15, -0.1) is 0 Å². The van der Waals surface area contributed by atoms with Crippen LogP contribution in [0.5, 0.6) is 0 Å². The third kappa shape index (κ3) is 4.29. The second kappa shape index (κ2) is 6.63. The standard InChI is InChI=1S/C12H13N3O2S2/c13-11(17)8-1-3-9(4-2-8)15-10(16)7-19-12-14-5-6-18-12/h1-4H,5-7H2,(H2,13,17)(H,15,16). The fourth-order valence-corrected chi connectivity index (χ4v) is 3.25. The average Bonchev–Trinajstić information content (AvgIpc) is 2.90. The number of amides is 2. The van der Waals surface area contributed by atoms with E-state index in [1.165, 1.54) is 11.8 Å². The number of rotatable bonds is 4. The van der Waals surface area contributed by atoms with Gasteiger partial charge in [0, 0.05) is 17.0 Å². The molecule has 3 N–H and O–H groups in total. The molecule has 0 saturated carbocycles. The van der Waals surface area contributed by atoms with Crippen LogP contribution >= 0.6 is 23.5 Å². The van der Waals surface area contributed by atoms with Gasteiger partial charge in [0.1, 0.15) is 4.38 Å². The number of nitrogens with one attached hydrogen (secondary N) is 1. The van der Waals surface area contributed by atoms with Crippen LogP contribution in [0, 0.1) is 0 Å². The molecule has 0 aromatic heterocycles. The lowest BCUT2D eigenvalue weighted by atomic mass is 10.2. The quantitative estimate of drug-likeness (QED) is 0.883. The fraction of sp³-hybridized carbons (Fsp3) is 0.250. The van der Waals surface area contributed by atoms with Gasteiger partial charge < -0.3 is 11.1 Å². The number of carbonyl (C=O) groups is 2. The molecule has 0 saturated heterocycles. The number of nitrogens with two attached hydrogens (primary N) is 1. The zero-order valence-corrected chi connectivity index (χ0v) is 11.7. The first-order chi connectivity index (χ1) is 9.15. The van der Waals surface area contributed by atoms with E-state index in [0.29, 0.717) is 17.0 Å². The molecule has 100 valence electrons. The van der Waals surface area contributed by atoms with Crippen LogP contribution in [0.25, 0.3) is 0 Å². The Kier molecular flexibility index (Phi) is 4.86. The Hall–Kier alpha value is -1.47. The first-order valence-corrected chi connectivity index (χ1v) is 7.62. The minimum absolute atomic E-state index is 0.0907. The number of aliphatic imine (C=N–C) groups is 1. The molecule has 1 heterocycles. The second-order valence-electron chi connectivity index (χ2n) is 3.77. The monoisotopic (exact) mass is 295 g/mol. The molecular formula is C12H13N3O2S2. The van der Waals surface area contributed by atoms with Crippen LogP contribution in [0.15, 0.2) is 29.3 Å². The van der Waals surface area contributed by atoms with E-state index in [1.807, 2.05) is 0 Å². The largest absolute Gasteiger partial charge is 0.366 e. The van der Waals surface area contributed by atoms with E-state index in [-0.39, 0.29) is 5.91 Å². The highest BCUT2D eigenvalue weighted by molar-refractivity contribution is 8.39. The fourth-order valence-electron chi connectivity index (χ4n) is 1.45. The summed E-state index contributed by atoms with van der Waals surface area (Å²) < 4.78 is 0.972. The van der Waals surface area contributed by atoms with Crippen molar-refractivity contribution in [3.63, 3.8) is 0 Å². The third-order valence-corrected chi connectivity index (χ3v) is 4.59. The van der Waals surface area contributed by atoms with Gasteiger partial charge in [0.15, 0.2) is 0 Å². The highest BCUT2D eigenvalue weighted by Gasteiger charge is 2.10. The van der Waals surface area contributed by atoms with Crippen molar-refractivity contribution in [2.24, 2.45) is 10.7 Å². The maximum absolute atomic E-state index is 11.7. The average molecular weight is 295 g/mol. The van der Waals surface area contributed by atoms with Gasteiger partial charge in [-0.05, 0) is 24.3 Å². The summed E-state index contributed by atoms with van der Waals surface area (Å²) in [4.78, 5) is 26.9. The molecule has 0 unspecified atom stereocenters. The Morgan fingerprint density at radius 3 is 2.68 bits per heavy atom. The number of hydrogen-bond donors (Lipinski definition) is 2.